The Morgan fingerprint density at radius 2 is 1.94 bits per heavy atom. The fraction of sp³-hybridized carbons (Fsp3) is 0.364. The molecular weight excluding hydrogens is 447 g/mol. The van der Waals surface area contributed by atoms with E-state index in [1.165, 1.54) is 39.3 Å². The van der Waals surface area contributed by atoms with Gasteiger partial charge in [0.2, 0.25) is 10.0 Å². The van der Waals surface area contributed by atoms with Crippen molar-refractivity contribution < 1.29 is 17.6 Å². The van der Waals surface area contributed by atoms with E-state index in [0.29, 0.717) is 23.6 Å². The monoisotopic (exact) mass is 472 g/mol. The van der Waals surface area contributed by atoms with E-state index < -0.39 is 21.7 Å². The van der Waals surface area contributed by atoms with Gasteiger partial charge >= 0.3 is 0 Å². The van der Waals surface area contributed by atoms with Gasteiger partial charge in [0.25, 0.3) is 5.91 Å². The van der Waals surface area contributed by atoms with Gasteiger partial charge in [0.1, 0.15) is 5.82 Å². The van der Waals surface area contributed by atoms with Gasteiger partial charge in [0.15, 0.2) is 5.82 Å². The summed E-state index contributed by atoms with van der Waals surface area (Å²) in [5, 5.41) is 13.8. The number of aromatic nitrogens is 4. The van der Waals surface area contributed by atoms with E-state index in [4.69, 9.17) is 0 Å². The average Bonchev–Trinajstić information content (AvgIpc) is 3.21. The van der Waals surface area contributed by atoms with Crippen LogP contribution in [-0.2, 0) is 10.0 Å². The minimum atomic E-state index is -3.75. The first-order valence-electron chi connectivity index (χ1n) is 10.7. The number of anilines is 1. The smallest absolute Gasteiger partial charge is 0.256 e. The first kappa shape index (κ1) is 23.0. The molecule has 1 aliphatic heterocycles. The molecule has 0 bridgehead atoms. The van der Waals surface area contributed by atoms with Gasteiger partial charge in [-0.1, -0.05) is 12.5 Å². The van der Waals surface area contributed by atoms with E-state index in [1.54, 1.807) is 19.9 Å². The normalized spacial score (nSPS) is 17.2. The number of carbonyl (C=O) groups is 1. The summed E-state index contributed by atoms with van der Waals surface area (Å²) in [5.74, 6) is -0.748. The molecule has 1 amide bonds. The van der Waals surface area contributed by atoms with Gasteiger partial charge in [0, 0.05) is 18.2 Å². The van der Waals surface area contributed by atoms with Crippen LogP contribution in [0.3, 0.4) is 0 Å². The summed E-state index contributed by atoms with van der Waals surface area (Å²) >= 11 is 0. The first-order chi connectivity index (χ1) is 15.7. The standard InChI is InChI=1S/C22H25FN6O3S/c1-14-7-9-18(33(31,32)28-11-5-4-6-15(28)2)13-19(14)22(30)24-21-12-17(8-10-20(21)23)29-16(3)25-26-27-29/h7-10,12-13,15H,4-6,11H2,1-3H3,(H,24,30). The topological polar surface area (TPSA) is 110 Å². The Labute approximate surface area is 191 Å². The molecule has 11 heteroatoms. The molecule has 2 heterocycles. The Morgan fingerprint density at radius 3 is 2.64 bits per heavy atom. The number of amides is 1. The third-order valence-corrected chi connectivity index (χ3v) is 7.88. The predicted molar refractivity (Wildman–Crippen MR) is 120 cm³/mol. The molecule has 1 fully saturated rings. The summed E-state index contributed by atoms with van der Waals surface area (Å²) in [7, 11) is -3.75. The van der Waals surface area contributed by atoms with Crippen LogP contribution in [0.25, 0.3) is 5.69 Å². The van der Waals surface area contributed by atoms with Crippen LogP contribution in [0.5, 0.6) is 0 Å². The van der Waals surface area contributed by atoms with Gasteiger partial charge in [-0.3, -0.25) is 4.79 Å². The van der Waals surface area contributed by atoms with Crippen molar-refractivity contribution in [3.63, 3.8) is 0 Å². The highest BCUT2D eigenvalue weighted by molar-refractivity contribution is 7.89. The summed E-state index contributed by atoms with van der Waals surface area (Å²) in [5.41, 5.74) is 1.14. The highest BCUT2D eigenvalue weighted by atomic mass is 32.2. The third kappa shape index (κ3) is 4.51. The molecule has 3 aromatic rings. The Bertz CT molecular complexity index is 1310. The number of tetrazole rings is 1. The number of nitrogens with one attached hydrogen (secondary N) is 1. The quantitative estimate of drug-likeness (QED) is 0.611. The number of sulfonamides is 1. The molecule has 1 unspecified atom stereocenters. The molecule has 174 valence electrons. The van der Waals surface area contributed by atoms with Crippen LogP contribution < -0.4 is 5.32 Å². The Morgan fingerprint density at radius 1 is 1.15 bits per heavy atom. The van der Waals surface area contributed by atoms with Gasteiger partial charge in [-0.25, -0.2) is 12.8 Å². The van der Waals surface area contributed by atoms with Crippen molar-refractivity contribution in [2.24, 2.45) is 0 Å². The van der Waals surface area contributed by atoms with Crippen molar-refractivity contribution in [2.75, 3.05) is 11.9 Å². The lowest BCUT2D eigenvalue weighted by Crippen LogP contribution is -2.42. The zero-order valence-electron chi connectivity index (χ0n) is 18.6. The second-order valence-corrected chi connectivity index (χ2v) is 10.1. The highest BCUT2D eigenvalue weighted by Crippen LogP contribution is 2.27. The van der Waals surface area contributed by atoms with Gasteiger partial charge in [-0.2, -0.15) is 8.99 Å². The lowest BCUT2D eigenvalue weighted by molar-refractivity contribution is 0.102. The SMILES string of the molecule is Cc1ccc(S(=O)(=O)N2CCCCC2C)cc1C(=O)Nc1cc(-n2nnnc2C)ccc1F. The van der Waals surface area contributed by atoms with Crippen LogP contribution in [0, 0.1) is 19.7 Å². The maximum Gasteiger partial charge on any atom is 0.256 e. The Hall–Kier alpha value is -3.18. The molecule has 2 aromatic carbocycles. The summed E-state index contributed by atoms with van der Waals surface area (Å²) < 4.78 is 43.8. The molecule has 0 spiro atoms. The number of halogens is 1. The number of hydrogen-bond donors (Lipinski definition) is 1. The van der Waals surface area contributed by atoms with Gasteiger partial charge in [0.05, 0.1) is 16.3 Å². The zero-order chi connectivity index (χ0) is 23.8. The van der Waals surface area contributed by atoms with Crippen LogP contribution >= 0.6 is 0 Å². The molecule has 0 saturated carbocycles. The van der Waals surface area contributed by atoms with E-state index in [1.807, 2.05) is 6.92 Å². The molecule has 0 radical (unpaired) electrons. The molecule has 1 atom stereocenters. The highest BCUT2D eigenvalue weighted by Gasteiger charge is 2.31. The van der Waals surface area contributed by atoms with Crippen molar-refractivity contribution in [3.05, 3.63) is 59.2 Å². The summed E-state index contributed by atoms with van der Waals surface area (Å²) in [6.45, 7) is 5.74. The molecule has 1 aliphatic rings. The summed E-state index contributed by atoms with van der Waals surface area (Å²) in [6.07, 6.45) is 2.59. The fourth-order valence-electron chi connectivity index (χ4n) is 3.97. The Balaban J connectivity index is 1.64. The molecule has 33 heavy (non-hydrogen) atoms. The number of benzene rings is 2. The maximum absolute atomic E-state index is 14.5. The van der Waals surface area contributed by atoms with Crippen molar-refractivity contribution in [1.82, 2.24) is 24.5 Å². The molecule has 1 N–H and O–H groups in total. The van der Waals surface area contributed by atoms with Gasteiger partial charge in [-0.15, -0.1) is 5.10 Å². The molecule has 4 rings (SSSR count). The summed E-state index contributed by atoms with van der Waals surface area (Å²) in [6, 6.07) is 8.47. The van der Waals surface area contributed by atoms with Crippen LogP contribution in [0.1, 0.15) is 47.9 Å². The lowest BCUT2D eigenvalue weighted by atomic mass is 10.1. The predicted octanol–water partition coefficient (Wildman–Crippen LogP) is 3.23. The molecule has 1 saturated heterocycles. The number of rotatable bonds is 5. The average molecular weight is 473 g/mol. The van der Waals surface area contributed by atoms with E-state index in [2.05, 4.69) is 20.8 Å². The summed E-state index contributed by atoms with van der Waals surface area (Å²) in [4.78, 5) is 13.1. The second kappa shape index (κ2) is 8.99. The maximum atomic E-state index is 14.5. The molecule has 0 aliphatic carbocycles. The fourth-order valence-corrected chi connectivity index (χ4v) is 5.70. The van der Waals surface area contributed by atoms with Crippen LogP contribution in [0.15, 0.2) is 41.3 Å². The number of carbonyl (C=O) groups excluding carboxylic acids is 1. The number of piperidine rings is 1. The van der Waals surface area contributed by atoms with Gasteiger partial charge < -0.3 is 5.32 Å². The number of aryl methyl sites for hydroxylation is 2. The van der Waals surface area contributed by atoms with E-state index in [0.717, 1.165) is 19.3 Å². The van der Waals surface area contributed by atoms with E-state index in [-0.39, 0.29) is 22.2 Å². The number of nitrogens with zero attached hydrogens (tertiary/aromatic N) is 5. The Kier molecular flexibility index (Phi) is 6.26. The van der Waals surface area contributed by atoms with E-state index >= 15 is 0 Å². The van der Waals surface area contributed by atoms with Crippen molar-refractivity contribution in [1.29, 1.82) is 0 Å². The van der Waals surface area contributed by atoms with Gasteiger partial charge in [-0.05, 0) is 79.9 Å². The first-order valence-corrected chi connectivity index (χ1v) is 12.1. The molecule has 1 aromatic heterocycles. The minimum absolute atomic E-state index is 0.0468. The second-order valence-electron chi connectivity index (χ2n) is 8.19. The molecular formula is C22H25FN6O3S. The molecule has 9 nitrogen and oxygen atoms in total. The zero-order valence-corrected chi connectivity index (χ0v) is 19.4. The van der Waals surface area contributed by atoms with Crippen molar-refractivity contribution >= 4 is 21.6 Å². The number of hydrogen-bond acceptors (Lipinski definition) is 6. The largest absolute Gasteiger partial charge is 0.319 e. The lowest BCUT2D eigenvalue weighted by Gasteiger charge is -2.32. The van der Waals surface area contributed by atoms with Crippen LogP contribution in [-0.4, -0.2) is 51.4 Å². The van der Waals surface area contributed by atoms with Crippen LogP contribution in [0.4, 0.5) is 10.1 Å². The third-order valence-electron chi connectivity index (χ3n) is 5.87. The van der Waals surface area contributed by atoms with Crippen LogP contribution in [0.2, 0.25) is 0 Å². The van der Waals surface area contributed by atoms with Crippen molar-refractivity contribution in [2.45, 2.75) is 51.0 Å². The minimum Gasteiger partial charge on any atom is -0.319 e. The van der Waals surface area contributed by atoms with Crippen molar-refractivity contribution in [3.8, 4) is 5.69 Å². The van der Waals surface area contributed by atoms with E-state index in [9.17, 15) is 17.6 Å².